The van der Waals surface area contributed by atoms with Crippen LogP contribution in [-0.2, 0) is 6.54 Å². The molecule has 5 heteroatoms. The van der Waals surface area contributed by atoms with Crippen molar-refractivity contribution in [2.24, 2.45) is 0 Å². The summed E-state index contributed by atoms with van der Waals surface area (Å²) in [5.41, 5.74) is -0.387. The third-order valence-corrected chi connectivity index (χ3v) is 2.62. The lowest BCUT2D eigenvalue weighted by atomic mass is 10.1. The lowest BCUT2D eigenvalue weighted by Crippen LogP contribution is -2.34. The molecule has 0 saturated carbocycles. The lowest BCUT2D eigenvalue weighted by molar-refractivity contribution is 0.629. The minimum atomic E-state index is -0.585. The molecule has 0 bridgehead atoms. The van der Waals surface area contributed by atoms with Crippen LogP contribution in [0.25, 0.3) is 10.9 Å². The van der Waals surface area contributed by atoms with Crippen molar-refractivity contribution < 1.29 is 4.39 Å². The van der Waals surface area contributed by atoms with Crippen molar-refractivity contribution in [3.63, 3.8) is 0 Å². The molecule has 0 aliphatic rings. The number of aryl methyl sites for hydroxylation is 1. The number of H-pyrrole nitrogens is 1. The largest absolute Gasteiger partial charge is 0.328 e. The predicted molar refractivity (Wildman–Crippen MR) is 59.2 cm³/mol. The smallest absolute Gasteiger partial charge is 0.304 e. The van der Waals surface area contributed by atoms with Crippen LogP contribution in [0.3, 0.4) is 0 Å². The van der Waals surface area contributed by atoms with Crippen LogP contribution in [-0.4, -0.2) is 9.55 Å². The van der Waals surface area contributed by atoms with E-state index in [-0.39, 0.29) is 17.4 Å². The van der Waals surface area contributed by atoms with Gasteiger partial charge in [0.05, 0.1) is 10.9 Å². The maximum Gasteiger partial charge on any atom is 0.328 e. The van der Waals surface area contributed by atoms with Gasteiger partial charge in [0.25, 0.3) is 5.56 Å². The molecule has 4 nitrogen and oxygen atoms in total. The summed E-state index contributed by atoms with van der Waals surface area (Å²) in [5, 5.41) is 0.237. The van der Waals surface area contributed by atoms with Crippen LogP contribution in [0.4, 0.5) is 4.39 Å². The highest BCUT2D eigenvalue weighted by atomic mass is 19.1. The number of benzene rings is 1. The molecular weight excluding hydrogens is 211 g/mol. The molecule has 2 aromatic rings. The highest BCUT2D eigenvalue weighted by Gasteiger charge is 2.11. The molecule has 1 heterocycles. The number of aromatic amines is 1. The Hall–Kier alpha value is -1.91. The van der Waals surface area contributed by atoms with E-state index in [0.29, 0.717) is 5.56 Å². The zero-order valence-electron chi connectivity index (χ0n) is 9.00. The van der Waals surface area contributed by atoms with Gasteiger partial charge in [-0.1, -0.05) is 6.07 Å². The van der Waals surface area contributed by atoms with Gasteiger partial charge in [-0.25, -0.2) is 9.18 Å². The van der Waals surface area contributed by atoms with Crippen molar-refractivity contribution >= 4 is 10.9 Å². The maximum absolute atomic E-state index is 13.4. The second-order valence-electron chi connectivity index (χ2n) is 3.59. The molecule has 16 heavy (non-hydrogen) atoms. The van der Waals surface area contributed by atoms with Crippen molar-refractivity contribution in [3.05, 3.63) is 44.4 Å². The molecule has 0 spiro atoms. The van der Waals surface area contributed by atoms with Crippen LogP contribution >= 0.6 is 0 Å². The zero-order chi connectivity index (χ0) is 11.9. The van der Waals surface area contributed by atoms with Crippen LogP contribution in [0, 0.1) is 12.7 Å². The second kappa shape index (κ2) is 3.59. The molecule has 0 aliphatic carbocycles. The normalized spacial score (nSPS) is 10.9. The van der Waals surface area contributed by atoms with E-state index >= 15 is 0 Å². The van der Waals surface area contributed by atoms with Crippen molar-refractivity contribution in [2.45, 2.75) is 20.4 Å². The first-order chi connectivity index (χ1) is 7.56. The number of halogens is 1. The van der Waals surface area contributed by atoms with Gasteiger partial charge in [0.2, 0.25) is 0 Å². The van der Waals surface area contributed by atoms with Crippen molar-refractivity contribution in [3.8, 4) is 0 Å². The quantitative estimate of drug-likeness (QED) is 0.787. The van der Waals surface area contributed by atoms with Crippen LogP contribution in [0.15, 0.2) is 21.7 Å². The fourth-order valence-corrected chi connectivity index (χ4v) is 1.77. The summed E-state index contributed by atoms with van der Waals surface area (Å²) in [4.78, 5) is 25.8. The Morgan fingerprint density at radius 1 is 1.38 bits per heavy atom. The minimum Gasteiger partial charge on any atom is -0.304 e. The van der Waals surface area contributed by atoms with E-state index in [9.17, 15) is 14.0 Å². The summed E-state index contributed by atoms with van der Waals surface area (Å²) in [5.74, 6) is -0.585. The average Bonchev–Trinajstić information content (AvgIpc) is 2.24. The van der Waals surface area contributed by atoms with Gasteiger partial charge in [-0.2, -0.15) is 0 Å². The molecule has 1 aromatic carbocycles. The van der Waals surface area contributed by atoms with Crippen molar-refractivity contribution in [1.82, 2.24) is 9.55 Å². The number of rotatable bonds is 1. The van der Waals surface area contributed by atoms with E-state index in [0.717, 1.165) is 4.57 Å². The zero-order valence-corrected chi connectivity index (χ0v) is 9.00. The Labute approximate surface area is 90.3 Å². The Morgan fingerprint density at radius 2 is 2.06 bits per heavy atom. The molecule has 0 radical (unpaired) electrons. The molecule has 2 rings (SSSR count). The average molecular weight is 222 g/mol. The first-order valence-corrected chi connectivity index (χ1v) is 4.98. The van der Waals surface area contributed by atoms with Gasteiger partial charge in [-0.05, 0) is 25.5 Å². The summed E-state index contributed by atoms with van der Waals surface area (Å²) in [6, 6.07) is 2.76. The van der Waals surface area contributed by atoms with Crippen LogP contribution in [0.2, 0.25) is 0 Å². The molecular formula is C11H11FN2O2. The first-order valence-electron chi connectivity index (χ1n) is 4.98. The summed E-state index contributed by atoms with van der Waals surface area (Å²) < 4.78 is 14.5. The Morgan fingerprint density at radius 3 is 2.69 bits per heavy atom. The van der Waals surface area contributed by atoms with Gasteiger partial charge in [0.15, 0.2) is 0 Å². The van der Waals surface area contributed by atoms with Gasteiger partial charge < -0.3 is 4.98 Å². The molecule has 0 fully saturated rings. The Bertz CT molecular complexity index is 670. The van der Waals surface area contributed by atoms with Gasteiger partial charge in [-0.3, -0.25) is 9.36 Å². The molecule has 0 unspecified atom stereocenters. The van der Waals surface area contributed by atoms with Crippen molar-refractivity contribution in [1.29, 1.82) is 0 Å². The van der Waals surface area contributed by atoms with E-state index in [4.69, 9.17) is 0 Å². The van der Waals surface area contributed by atoms with Crippen LogP contribution < -0.4 is 11.2 Å². The second-order valence-corrected chi connectivity index (χ2v) is 3.59. The van der Waals surface area contributed by atoms with Crippen molar-refractivity contribution in [2.75, 3.05) is 0 Å². The van der Waals surface area contributed by atoms with E-state index in [1.54, 1.807) is 13.8 Å². The predicted octanol–water partition coefficient (Wildman–Crippen LogP) is 1.16. The molecule has 0 saturated heterocycles. The molecule has 0 amide bonds. The Kier molecular flexibility index (Phi) is 2.38. The number of nitrogens with one attached hydrogen (secondary N) is 1. The fourth-order valence-electron chi connectivity index (χ4n) is 1.77. The number of aromatic nitrogens is 2. The van der Waals surface area contributed by atoms with E-state index in [1.165, 1.54) is 12.1 Å². The van der Waals surface area contributed by atoms with Gasteiger partial charge >= 0.3 is 5.69 Å². The van der Waals surface area contributed by atoms with E-state index < -0.39 is 17.1 Å². The van der Waals surface area contributed by atoms with Crippen LogP contribution in [0.1, 0.15) is 12.5 Å². The minimum absolute atomic E-state index is 0.0142. The SMILES string of the molecule is CCn1c(=O)[nH]c2c(F)ccc(C)c2c1=O. The number of fused-ring (bicyclic) bond motifs is 1. The van der Waals surface area contributed by atoms with Gasteiger partial charge in [0.1, 0.15) is 5.82 Å². The highest BCUT2D eigenvalue weighted by Crippen LogP contribution is 2.14. The topological polar surface area (TPSA) is 54.9 Å². The fraction of sp³-hybridized carbons (Fsp3) is 0.273. The molecule has 0 aliphatic heterocycles. The molecule has 0 atom stereocenters. The van der Waals surface area contributed by atoms with Gasteiger partial charge in [0, 0.05) is 6.54 Å². The number of hydrogen-bond donors (Lipinski definition) is 1. The standard InChI is InChI=1S/C11H11FN2O2/c1-3-14-10(15)8-6(2)4-5-7(12)9(8)13-11(14)16/h4-5H,3H2,1-2H3,(H,13,16). The third kappa shape index (κ3) is 1.36. The van der Waals surface area contributed by atoms with Gasteiger partial charge in [-0.15, -0.1) is 0 Å². The molecule has 84 valence electrons. The third-order valence-electron chi connectivity index (χ3n) is 2.62. The highest BCUT2D eigenvalue weighted by molar-refractivity contribution is 5.81. The molecule has 1 N–H and O–H groups in total. The summed E-state index contributed by atoms with van der Waals surface area (Å²) in [7, 11) is 0. The van der Waals surface area contributed by atoms with E-state index in [1.807, 2.05) is 0 Å². The number of nitrogens with zero attached hydrogens (tertiary/aromatic N) is 1. The summed E-state index contributed by atoms with van der Waals surface area (Å²) in [6.45, 7) is 3.67. The lowest BCUT2D eigenvalue weighted by Gasteiger charge is -2.06. The van der Waals surface area contributed by atoms with Crippen LogP contribution in [0.5, 0.6) is 0 Å². The monoisotopic (exact) mass is 222 g/mol. The molecule has 1 aromatic heterocycles. The summed E-state index contributed by atoms with van der Waals surface area (Å²) in [6.07, 6.45) is 0. The van der Waals surface area contributed by atoms with E-state index in [2.05, 4.69) is 4.98 Å². The Balaban J connectivity index is 3.11. The maximum atomic E-state index is 13.4. The summed E-state index contributed by atoms with van der Waals surface area (Å²) >= 11 is 0. The number of hydrogen-bond acceptors (Lipinski definition) is 2. The first kappa shape index (κ1) is 10.6.